The Bertz CT molecular complexity index is 1220. The Morgan fingerprint density at radius 3 is 2.54 bits per heavy atom. The number of carbonyl (C=O) groups is 1. The van der Waals surface area contributed by atoms with Gasteiger partial charge in [-0.15, -0.1) is 0 Å². The molecule has 0 bridgehead atoms. The molecule has 1 aliphatic rings. The first kappa shape index (κ1) is 26.3. The van der Waals surface area contributed by atoms with Crippen LogP contribution in [0.2, 0.25) is 0 Å². The maximum atomic E-state index is 11.7. The zero-order chi connectivity index (χ0) is 26.6. The van der Waals surface area contributed by atoms with E-state index in [1.165, 1.54) is 5.56 Å². The normalized spacial score (nSPS) is 16.0. The van der Waals surface area contributed by atoms with Crippen molar-refractivity contribution in [1.82, 2.24) is 19.9 Å². The number of aryl methyl sites for hydroxylation is 1. The second kappa shape index (κ2) is 11.1. The number of nitrogens with two attached hydrogens (primary N) is 1. The molecular formula is C28H38N8O. The summed E-state index contributed by atoms with van der Waals surface area (Å²) in [6, 6.07) is 16.1. The van der Waals surface area contributed by atoms with Crippen LogP contribution in [0.1, 0.15) is 48.7 Å². The number of rotatable bonds is 9. The fourth-order valence-corrected chi connectivity index (χ4v) is 4.59. The van der Waals surface area contributed by atoms with Crippen LogP contribution in [0.5, 0.6) is 0 Å². The van der Waals surface area contributed by atoms with Gasteiger partial charge >= 0.3 is 0 Å². The van der Waals surface area contributed by atoms with Crippen molar-refractivity contribution >= 4 is 29.4 Å². The summed E-state index contributed by atoms with van der Waals surface area (Å²) in [7, 11) is 1.99. The van der Waals surface area contributed by atoms with Gasteiger partial charge < -0.3 is 21.3 Å². The summed E-state index contributed by atoms with van der Waals surface area (Å²) in [5.74, 6) is 1.05. The quantitative estimate of drug-likeness (QED) is 0.399. The van der Waals surface area contributed by atoms with Crippen molar-refractivity contribution in [3.63, 3.8) is 0 Å². The lowest BCUT2D eigenvalue weighted by atomic mass is 9.96. The summed E-state index contributed by atoms with van der Waals surface area (Å²) >= 11 is 0. The molecule has 1 fully saturated rings. The van der Waals surface area contributed by atoms with Crippen molar-refractivity contribution < 1.29 is 4.79 Å². The van der Waals surface area contributed by atoms with Crippen molar-refractivity contribution in [2.75, 3.05) is 42.2 Å². The lowest BCUT2D eigenvalue weighted by molar-refractivity contribution is 0.100. The van der Waals surface area contributed by atoms with E-state index in [0.29, 0.717) is 23.4 Å². The molecule has 0 saturated carbocycles. The van der Waals surface area contributed by atoms with Gasteiger partial charge in [-0.1, -0.05) is 57.2 Å². The van der Waals surface area contributed by atoms with Gasteiger partial charge in [-0.2, -0.15) is 15.0 Å². The number of likely N-dealkylation sites (tertiary alicyclic amines) is 1. The molecule has 0 radical (unpaired) electrons. The van der Waals surface area contributed by atoms with Gasteiger partial charge in [0.15, 0.2) is 0 Å². The van der Waals surface area contributed by atoms with Crippen LogP contribution in [-0.2, 0) is 6.54 Å². The first-order chi connectivity index (χ1) is 17.6. The highest BCUT2D eigenvalue weighted by Crippen LogP contribution is 2.25. The van der Waals surface area contributed by atoms with Crippen LogP contribution in [0, 0.1) is 12.3 Å². The molecule has 9 nitrogen and oxygen atoms in total. The fraction of sp³-hybridized carbons (Fsp3) is 0.429. The molecule has 0 aliphatic carbocycles. The van der Waals surface area contributed by atoms with Gasteiger partial charge in [-0.05, 0) is 42.0 Å². The highest BCUT2D eigenvalue weighted by molar-refractivity contribution is 5.94. The van der Waals surface area contributed by atoms with Crippen LogP contribution in [0.15, 0.2) is 48.5 Å². The molecule has 1 saturated heterocycles. The Labute approximate surface area is 219 Å². The van der Waals surface area contributed by atoms with Gasteiger partial charge in [-0.25, -0.2) is 0 Å². The number of amides is 1. The molecular weight excluding hydrogens is 464 g/mol. The number of aromatic nitrogens is 3. The van der Waals surface area contributed by atoms with E-state index in [1.54, 1.807) is 12.1 Å². The molecule has 4 N–H and O–H groups in total. The summed E-state index contributed by atoms with van der Waals surface area (Å²) in [4.78, 5) is 30.4. The van der Waals surface area contributed by atoms with E-state index < -0.39 is 5.91 Å². The SMILES string of the molecule is Cc1ccc(C(N)=O)cc1Nc1nc(N[C@H]2CCN(Cc3ccccc3)C2)nc(N(C)CC(C)(C)C)n1. The third kappa shape index (κ3) is 7.39. The maximum absolute atomic E-state index is 11.7. The molecule has 2 aromatic carbocycles. The first-order valence-electron chi connectivity index (χ1n) is 12.7. The number of hydrogen-bond acceptors (Lipinski definition) is 8. The summed E-state index contributed by atoms with van der Waals surface area (Å²) in [5, 5.41) is 6.83. The smallest absolute Gasteiger partial charge is 0.248 e. The van der Waals surface area contributed by atoms with Crippen molar-refractivity contribution in [3.8, 4) is 0 Å². The average molecular weight is 503 g/mol. The summed E-state index contributed by atoms with van der Waals surface area (Å²) in [5.41, 5.74) is 8.99. The van der Waals surface area contributed by atoms with Crippen LogP contribution in [0.3, 0.4) is 0 Å². The molecule has 1 atom stereocenters. The molecule has 2 heterocycles. The van der Waals surface area contributed by atoms with Crippen molar-refractivity contribution in [2.45, 2.75) is 46.7 Å². The van der Waals surface area contributed by atoms with Crippen LogP contribution < -0.4 is 21.3 Å². The lowest BCUT2D eigenvalue weighted by Gasteiger charge is -2.27. The Hall–Kier alpha value is -3.72. The minimum absolute atomic E-state index is 0.0678. The van der Waals surface area contributed by atoms with Gasteiger partial charge in [0.25, 0.3) is 0 Å². The Morgan fingerprint density at radius 1 is 1.11 bits per heavy atom. The maximum Gasteiger partial charge on any atom is 0.248 e. The van der Waals surface area contributed by atoms with Gasteiger partial charge in [-0.3, -0.25) is 9.69 Å². The van der Waals surface area contributed by atoms with Crippen LogP contribution in [-0.4, -0.2) is 58.5 Å². The van der Waals surface area contributed by atoms with Gasteiger partial charge in [0.2, 0.25) is 23.8 Å². The summed E-state index contributed by atoms with van der Waals surface area (Å²) in [6.07, 6.45) is 1.01. The van der Waals surface area contributed by atoms with Gasteiger partial charge in [0.1, 0.15) is 0 Å². The monoisotopic (exact) mass is 502 g/mol. The standard InChI is InChI=1S/C28H38N8O/c1-19-11-12-21(24(29)37)15-23(19)31-26-32-25(33-27(34-26)35(5)18-28(2,3)4)30-22-13-14-36(17-22)16-20-9-7-6-8-10-20/h6-12,15,22H,13-14,16-18H2,1-5H3,(H2,29,37)(H2,30,31,32,33,34)/t22-/m0/s1. The minimum atomic E-state index is -0.479. The molecule has 4 rings (SSSR count). The third-order valence-electron chi connectivity index (χ3n) is 6.30. The van der Waals surface area contributed by atoms with Crippen LogP contribution in [0.25, 0.3) is 0 Å². The van der Waals surface area contributed by atoms with E-state index in [-0.39, 0.29) is 11.5 Å². The van der Waals surface area contributed by atoms with E-state index >= 15 is 0 Å². The van der Waals surface area contributed by atoms with E-state index in [9.17, 15) is 4.79 Å². The molecule has 1 amide bonds. The molecule has 0 unspecified atom stereocenters. The summed E-state index contributed by atoms with van der Waals surface area (Å²) < 4.78 is 0. The Kier molecular flexibility index (Phi) is 7.92. The summed E-state index contributed by atoms with van der Waals surface area (Å²) in [6.45, 7) is 12.1. The molecule has 9 heteroatoms. The highest BCUT2D eigenvalue weighted by atomic mass is 16.1. The largest absolute Gasteiger partial charge is 0.366 e. The van der Waals surface area contributed by atoms with E-state index in [2.05, 4.69) is 65.6 Å². The van der Waals surface area contributed by atoms with Gasteiger partial charge in [0, 0.05) is 50.5 Å². The zero-order valence-corrected chi connectivity index (χ0v) is 22.5. The molecule has 1 aromatic heterocycles. The lowest BCUT2D eigenvalue weighted by Crippen LogP contribution is -2.31. The molecule has 0 spiro atoms. The zero-order valence-electron chi connectivity index (χ0n) is 22.5. The van der Waals surface area contributed by atoms with Crippen molar-refractivity contribution in [2.24, 2.45) is 11.1 Å². The van der Waals surface area contributed by atoms with Crippen LogP contribution in [0.4, 0.5) is 23.5 Å². The number of benzene rings is 2. The topological polar surface area (TPSA) is 112 Å². The van der Waals surface area contributed by atoms with E-state index in [1.807, 2.05) is 31.0 Å². The first-order valence-corrected chi connectivity index (χ1v) is 12.7. The predicted molar refractivity (Wildman–Crippen MR) is 149 cm³/mol. The number of carbonyl (C=O) groups excluding carboxylic acids is 1. The second-order valence-electron chi connectivity index (χ2n) is 11.1. The minimum Gasteiger partial charge on any atom is -0.366 e. The molecule has 1 aliphatic heterocycles. The number of nitrogens with one attached hydrogen (secondary N) is 2. The molecule has 37 heavy (non-hydrogen) atoms. The highest BCUT2D eigenvalue weighted by Gasteiger charge is 2.24. The predicted octanol–water partition coefficient (Wildman–Crippen LogP) is 4.19. The second-order valence-corrected chi connectivity index (χ2v) is 11.1. The van der Waals surface area contributed by atoms with E-state index in [0.717, 1.165) is 43.9 Å². The number of hydrogen-bond donors (Lipinski definition) is 3. The number of primary amides is 1. The molecule has 196 valence electrons. The number of nitrogens with zero attached hydrogens (tertiary/aromatic N) is 5. The number of anilines is 4. The van der Waals surface area contributed by atoms with Crippen LogP contribution >= 0.6 is 0 Å². The average Bonchev–Trinajstić information content (AvgIpc) is 3.26. The Morgan fingerprint density at radius 2 is 1.84 bits per heavy atom. The van der Waals surface area contributed by atoms with Gasteiger partial charge in [0.05, 0.1) is 0 Å². The fourth-order valence-electron chi connectivity index (χ4n) is 4.59. The van der Waals surface area contributed by atoms with E-state index in [4.69, 9.17) is 15.7 Å². The van der Waals surface area contributed by atoms with Crippen molar-refractivity contribution in [1.29, 1.82) is 0 Å². The third-order valence-corrected chi connectivity index (χ3v) is 6.30. The molecule has 3 aromatic rings. The Balaban J connectivity index is 1.55. The van der Waals surface area contributed by atoms with Crippen molar-refractivity contribution in [3.05, 3.63) is 65.2 Å².